The summed E-state index contributed by atoms with van der Waals surface area (Å²) in [7, 11) is 8.46. The van der Waals surface area contributed by atoms with Gasteiger partial charge in [0.05, 0.1) is 10.8 Å². The molecule has 2 aromatic heterocycles. The Balaban J connectivity index is 0.000000152. The fourth-order valence-corrected chi connectivity index (χ4v) is 6.84. The second-order valence-corrected chi connectivity index (χ2v) is 12.6. The predicted molar refractivity (Wildman–Crippen MR) is 202 cm³/mol. The number of allylic oxidation sites excluding steroid dienone is 6. The van der Waals surface area contributed by atoms with Gasteiger partial charge in [-0.15, -0.1) is 0 Å². The standard InChI is InChI=1S/2C22H21N2/c2*1-23-15-14-17(20-11-4-6-13-22(20)23)9-7-10-19-16-18-8-3-5-12-21(18)24(19)2/h2*3-15H,16H2,1-2H3/q2*+1. The van der Waals surface area contributed by atoms with Gasteiger partial charge in [0.2, 0.25) is 11.0 Å². The molecule has 8 rings (SSSR count). The number of rotatable bonds is 4. The highest BCUT2D eigenvalue weighted by atomic mass is 15.1. The molecular formula is C44H42N4+2. The molecule has 4 heterocycles. The Labute approximate surface area is 284 Å². The lowest BCUT2D eigenvalue weighted by molar-refractivity contribution is -0.645. The summed E-state index contributed by atoms with van der Waals surface area (Å²) in [6, 6.07) is 38.6. The summed E-state index contributed by atoms with van der Waals surface area (Å²) < 4.78 is 4.32. The largest absolute Gasteiger partial charge is 0.348 e. The maximum absolute atomic E-state index is 2.28. The molecule has 0 saturated heterocycles. The summed E-state index contributed by atoms with van der Waals surface area (Å²) >= 11 is 0. The lowest BCUT2D eigenvalue weighted by Crippen LogP contribution is -2.28. The monoisotopic (exact) mass is 626 g/mol. The molecule has 0 aliphatic carbocycles. The van der Waals surface area contributed by atoms with E-state index in [9.17, 15) is 0 Å². The number of para-hydroxylation sites is 4. The van der Waals surface area contributed by atoms with Crippen molar-refractivity contribution in [1.82, 2.24) is 0 Å². The van der Waals surface area contributed by atoms with Gasteiger partial charge in [-0.05, 0) is 58.7 Å². The zero-order chi connectivity index (χ0) is 33.0. The fourth-order valence-electron chi connectivity index (χ4n) is 6.84. The Morgan fingerprint density at radius 2 is 0.896 bits per heavy atom. The van der Waals surface area contributed by atoms with E-state index < -0.39 is 0 Å². The van der Waals surface area contributed by atoms with Crippen molar-refractivity contribution in [1.29, 1.82) is 0 Å². The molecule has 0 atom stereocenters. The molecule has 0 spiro atoms. The van der Waals surface area contributed by atoms with E-state index in [1.807, 2.05) is 0 Å². The number of anilines is 2. The summed E-state index contributed by atoms with van der Waals surface area (Å²) in [5.74, 6) is 0. The molecule has 4 heteroatoms. The summed E-state index contributed by atoms with van der Waals surface area (Å²) in [5, 5.41) is 2.56. The number of hydrogen-bond acceptors (Lipinski definition) is 2. The molecule has 6 aromatic rings. The maximum Gasteiger partial charge on any atom is 0.212 e. The van der Waals surface area contributed by atoms with Crippen molar-refractivity contribution >= 4 is 45.3 Å². The molecule has 0 saturated carbocycles. The first-order valence-electron chi connectivity index (χ1n) is 16.6. The molecule has 0 N–H and O–H groups in total. The van der Waals surface area contributed by atoms with Gasteiger partial charge in [-0.1, -0.05) is 85.0 Å². The quantitative estimate of drug-likeness (QED) is 0.182. The molecule has 4 nitrogen and oxygen atoms in total. The first-order chi connectivity index (χ1) is 23.5. The highest BCUT2D eigenvalue weighted by Gasteiger charge is 2.20. The van der Waals surface area contributed by atoms with E-state index in [1.54, 1.807) is 0 Å². The summed E-state index contributed by atoms with van der Waals surface area (Å²) in [6.07, 6.45) is 19.4. The Kier molecular flexibility index (Phi) is 8.72. The number of aromatic nitrogens is 2. The summed E-state index contributed by atoms with van der Waals surface area (Å²) in [4.78, 5) is 4.56. The molecule has 2 aliphatic rings. The highest BCUT2D eigenvalue weighted by Crippen LogP contribution is 2.33. The van der Waals surface area contributed by atoms with E-state index in [0.29, 0.717) is 0 Å². The Morgan fingerprint density at radius 3 is 1.33 bits per heavy atom. The van der Waals surface area contributed by atoms with Crippen molar-refractivity contribution in [3.63, 3.8) is 0 Å². The van der Waals surface area contributed by atoms with Crippen molar-refractivity contribution in [3.05, 3.63) is 180 Å². The van der Waals surface area contributed by atoms with Crippen molar-refractivity contribution in [2.75, 3.05) is 23.9 Å². The smallest absolute Gasteiger partial charge is 0.212 e. The van der Waals surface area contributed by atoms with Crippen LogP contribution in [0.3, 0.4) is 0 Å². The van der Waals surface area contributed by atoms with Crippen LogP contribution in [0.1, 0.15) is 22.3 Å². The lowest BCUT2D eigenvalue weighted by Gasteiger charge is -2.13. The zero-order valence-corrected chi connectivity index (χ0v) is 28.2. The third-order valence-corrected chi connectivity index (χ3v) is 9.58. The van der Waals surface area contributed by atoms with E-state index >= 15 is 0 Å². The Morgan fingerprint density at radius 1 is 0.500 bits per heavy atom. The average Bonchev–Trinajstić information content (AvgIpc) is 3.62. The topological polar surface area (TPSA) is 14.2 Å². The molecule has 0 fully saturated rings. The third kappa shape index (κ3) is 6.17. The number of benzene rings is 4. The van der Waals surface area contributed by atoms with Crippen LogP contribution in [0.4, 0.5) is 11.4 Å². The van der Waals surface area contributed by atoms with Gasteiger partial charge in [-0.2, -0.15) is 0 Å². The van der Waals surface area contributed by atoms with E-state index in [2.05, 4.69) is 205 Å². The van der Waals surface area contributed by atoms with Crippen LogP contribution in [-0.2, 0) is 26.9 Å². The van der Waals surface area contributed by atoms with Crippen molar-refractivity contribution < 1.29 is 9.13 Å². The highest BCUT2D eigenvalue weighted by molar-refractivity contribution is 5.86. The second-order valence-electron chi connectivity index (χ2n) is 12.6. The number of fused-ring (bicyclic) bond motifs is 4. The maximum atomic E-state index is 2.28. The van der Waals surface area contributed by atoms with Crippen LogP contribution in [-0.4, -0.2) is 14.1 Å². The van der Waals surface area contributed by atoms with Crippen LogP contribution < -0.4 is 18.9 Å². The van der Waals surface area contributed by atoms with Gasteiger partial charge in [0.15, 0.2) is 12.4 Å². The van der Waals surface area contributed by atoms with Gasteiger partial charge in [0.1, 0.15) is 14.1 Å². The molecule has 0 radical (unpaired) electrons. The third-order valence-electron chi connectivity index (χ3n) is 9.58. The van der Waals surface area contributed by atoms with Gasteiger partial charge in [-0.3, -0.25) is 0 Å². The number of aryl methyl sites for hydroxylation is 2. The number of nitrogens with zero attached hydrogens (tertiary/aromatic N) is 4. The van der Waals surface area contributed by atoms with Gasteiger partial charge in [-0.25, -0.2) is 9.13 Å². The lowest BCUT2D eigenvalue weighted by atomic mass is 10.1. The second kappa shape index (κ2) is 13.5. The van der Waals surface area contributed by atoms with Gasteiger partial charge < -0.3 is 9.80 Å². The minimum absolute atomic E-state index is 1.00. The van der Waals surface area contributed by atoms with Crippen LogP contribution in [0.2, 0.25) is 0 Å². The van der Waals surface area contributed by atoms with Crippen LogP contribution in [0.5, 0.6) is 0 Å². The summed E-state index contributed by atoms with van der Waals surface area (Å²) in [5.41, 5.74) is 13.1. The van der Waals surface area contributed by atoms with Gasteiger partial charge >= 0.3 is 0 Å². The molecule has 0 unspecified atom stereocenters. The van der Waals surface area contributed by atoms with Gasteiger partial charge in [0, 0.05) is 74.0 Å². The Bertz CT molecular complexity index is 2090. The van der Waals surface area contributed by atoms with Gasteiger partial charge in [0.25, 0.3) is 0 Å². The molecular weight excluding hydrogens is 585 g/mol. The minimum atomic E-state index is 1.00. The van der Waals surface area contributed by atoms with E-state index in [0.717, 1.165) is 12.8 Å². The average molecular weight is 627 g/mol. The predicted octanol–water partition coefficient (Wildman–Crippen LogP) is 8.51. The Hall–Kier alpha value is -5.74. The van der Waals surface area contributed by atoms with Crippen LogP contribution in [0, 0.1) is 0 Å². The molecule has 4 aromatic carbocycles. The molecule has 236 valence electrons. The van der Waals surface area contributed by atoms with Crippen LogP contribution in [0.15, 0.2) is 157 Å². The van der Waals surface area contributed by atoms with E-state index in [1.165, 1.54) is 66.8 Å². The summed E-state index contributed by atoms with van der Waals surface area (Å²) in [6.45, 7) is 0. The molecule has 0 amide bonds. The van der Waals surface area contributed by atoms with Crippen LogP contribution >= 0.6 is 0 Å². The minimum Gasteiger partial charge on any atom is -0.348 e. The first kappa shape index (κ1) is 30.9. The first-order valence-corrected chi connectivity index (χ1v) is 16.6. The molecule has 0 bridgehead atoms. The van der Waals surface area contributed by atoms with Crippen molar-refractivity contribution in [2.24, 2.45) is 14.1 Å². The zero-order valence-electron chi connectivity index (χ0n) is 28.2. The number of hydrogen-bond donors (Lipinski definition) is 0. The van der Waals surface area contributed by atoms with E-state index in [-0.39, 0.29) is 0 Å². The molecule has 48 heavy (non-hydrogen) atoms. The van der Waals surface area contributed by atoms with Crippen LogP contribution in [0.25, 0.3) is 34.0 Å². The number of likely N-dealkylation sites (N-methyl/N-ethyl adjacent to an activating group) is 2. The normalized spacial score (nSPS) is 15.6. The van der Waals surface area contributed by atoms with Crippen molar-refractivity contribution in [3.8, 4) is 0 Å². The van der Waals surface area contributed by atoms with Crippen molar-refractivity contribution in [2.45, 2.75) is 12.8 Å². The number of pyridine rings is 2. The SMILES string of the molecule is CN1C(=CC=Cc2cc[n+](C)c3ccccc23)Cc2ccccc21.CN1C(=CC=Cc2cc[n+](C)c3ccccc23)Cc2ccccc21. The fraction of sp³-hybridized carbons (Fsp3) is 0.136. The van der Waals surface area contributed by atoms with E-state index in [4.69, 9.17) is 0 Å². The molecule has 2 aliphatic heterocycles.